The Balaban J connectivity index is 0.00000338. The highest BCUT2D eigenvalue weighted by molar-refractivity contribution is 7.98. The number of benzene rings is 1. The molecule has 7 heteroatoms. The lowest BCUT2D eigenvalue weighted by Gasteiger charge is -2.58. The molecule has 0 bridgehead atoms. The fourth-order valence-corrected chi connectivity index (χ4v) is 4.01. The van der Waals surface area contributed by atoms with Crippen LogP contribution < -0.4 is 10.5 Å². The summed E-state index contributed by atoms with van der Waals surface area (Å²) in [5.74, 6) is 0.787. The molecule has 1 amide bonds. The molecule has 0 heterocycles. The number of amides is 1. The number of methoxy groups -OCH3 is 1. The van der Waals surface area contributed by atoms with Gasteiger partial charge < -0.3 is 20.1 Å². The van der Waals surface area contributed by atoms with E-state index in [2.05, 4.69) is 0 Å². The molecule has 0 spiro atoms. The van der Waals surface area contributed by atoms with Crippen LogP contribution in [0.3, 0.4) is 0 Å². The number of likely N-dealkylation sites (N-methyl/N-ethyl adjacent to an activating group) is 1. The smallest absolute Gasteiger partial charge is 0.243 e. The first-order chi connectivity index (χ1) is 11.7. The molecular weight excluding hydrogens is 372 g/mol. The fraction of sp³-hybridized carbons (Fsp3) is 0.632. The molecule has 0 radical (unpaired) electrons. The molecule has 1 aromatic rings. The van der Waals surface area contributed by atoms with Crippen LogP contribution in [-0.4, -0.2) is 49.5 Å². The van der Waals surface area contributed by atoms with E-state index in [4.69, 9.17) is 15.2 Å². The van der Waals surface area contributed by atoms with Crippen LogP contribution in [0.1, 0.15) is 32.8 Å². The van der Waals surface area contributed by atoms with Crippen molar-refractivity contribution in [2.24, 2.45) is 11.1 Å². The summed E-state index contributed by atoms with van der Waals surface area (Å²) >= 11 is 1.64. The zero-order valence-electron chi connectivity index (χ0n) is 16.5. The van der Waals surface area contributed by atoms with Crippen LogP contribution in [0.25, 0.3) is 0 Å². The SMILES string of the molecule is CCOC1CC(N)(C(=O)N(C)Cc2ccc(SC)c(OC)c2)C1(C)C.Cl. The Kier molecular flexibility index (Phi) is 7.84. The van der Waals surface area contributed by atoms with Crippen LogP contribution in [0.5, 0.6) is 5.75 Å². The minimum atomic E-state index is -0.884. The molecule has 2 rings (SSSR count). The fourth-order valence-electron chi connectivity index (χ4n) is 3.46. The Morgan fingerprint density at radius 1 is 1.42 bits per heavy atom. The maximum absolute atomic E-state index is 13.0. The van der Waals surface area contributed by atoms with Crippen LogP contribution in [-0.2, 0) is 16.1 Å². The first-order valence-corrected chi connectivity index (χ1v) is 9.80. The number of ether oxygens (including phenoxy) is 2. The lowest BCUT2D eigenvalue weighted by Crippen LogP contribution is -2.75. The normalized spacial score (nSPS) is 23.6. The summed E-state index contributed by atoms with van der Waals surface area (Å²) < 4.78 is 11.2. The van der Waals surface area contributed by atoms with E-state index in [0.717, 1.165) is 16.2 Å². The topological polar surface area (TPSA) is 64.8 Å². The third kappa shape index (κ3) is 3.98. The standard InChI is InChI=1S/C19H30N2O3S.ClH/c1-7-24-16-11-19(20,18(16,2)3)17(22)21(4)12-13-8-9-15(25-6)14(10-13)23-5;/h8-10,16H,7,11-12,20H2,1-6H3;1H. The number of halogens is 1. The number of nitrogens with zero attached hydrogens (tertiary/aromatic N) is 1. The first kappa shape index (κ1) is 23.1. The molecule has 148 valence electrons. The highest BCUT2D eigenvalue weighted by Crippen LogP contribution is 2.50. The van der Waals surface area contributed by atoms with Crippen molar-refractivity contribution in [1.29, 1.82) is 0 Å². The van der Waals surface area contributed by atoms with Gasteiger partial charge in [-0.05, 0) is 30.9 Å². The second-order valence-electron chi connectivity index (χ2n) is 7.19. The van der Waals surface area contributed by atoms with Gasteiger partial charge in [0.25, 0.3) is 0 Å². The maximum atomic E-state index is 13.0. The van der Waals surface area contributed by atoms with E-state index in [0.29, 0.717) is 19.6 Å². The molecule has 1 aromatic carbocycles. The molecule has 1 saturated carbocycles. The summed E-state index contributed by atoms with van der Waals surface area (Å²) in [6, 6.07) is 6.03. The van der Waals surface area contributed by atoms with Crippen molar-refractivity contribution >= 4 is 30.1 Å². The monoisotopic (exact) mass is 402 g/mol. The van der Waals surface area contributed by atoms with Gasteiger partial charge in [0.2, 0.25) is 5.91 Å². The number of hydrogen-bond acceptors (Lipinski definition) is 5. The van der Waals surface area contributed by atoms with Crippen LogP contribution in [0.4, 0.5) is 0 Å². The van der Waals surface area contributed by atoms with E-state index in [1.165, 1.54) is 0 Å². The molecule has 2 atom stereocenters. The van der Waals surface area contributed by atoms with Gasteiger partial charge in [0, 0.05) is 36.9 Å². The van der Waals surface area contributed by atoms with Crippen molar-refractivity contribution in [3.05, 3.63) is 23.8 Å². The van der Waals surface area contributed by atoms with E-state index in [1.807, 2.05) is 45.2 Å². The highest BCUT2D eigenvalue weighted by atomic mass is 35.5. The number of thioether (sulfide) groups is 1. The summed E-state index contributed by atoms with van der Waals surface area (Å²) in [6.07, 6.45) is 2.60. The van der Waals surface area contributed by atoms with Gasteiger partial charge in [-0.15, -0.1) is 24.2 Å². The number of nitrogens with two attached hydrogens (primary N) is 1. The predicted octanol–water partition coefficient (Wildman–Crippen LogP) is 3.33. The van der Waals surface area contributed by atoms with Gasteiger partial charge in [0.15, 0.2) is 0 Å². The van der Waals surface area contributed by atoms with Gasteiger partial charge in [-0.1, -0.05) is 19.9 Å². The molecule has 0 aliphatic heterocycles. The van der Waals surface area contributed by atoms with Gasteiger partial charge in [0.1, 0.15) is 11.3 Å². The summed E-state index contributed by atoms with van der Waals surface area (Å²) in [5, 5.41) is 0. The van der Waals surface area contributed by atoms with Gasteiger partial charge >= 0.3 is 0 Å². The van der Waals surface area contributed by atoms with Crippen LogP contribution >= 0.6 is 24.2 Å². The Morgan fingerprint density at radius 3 is 2.58 bits per heavy atom. The molecule has 0 saturated heterocycles. The third-order valence-corrected chi connectivity index (χ3v) is 6.20. The minimum absolute atomic E-state index is 0. The van der Waals surface area contributed by atoms with Crippen molar-refractivity contribution in [1.82, 2.24) is 4.90 Å². The zero-order valence-corrected chi connectivity index (χ0v) is 18.1. The number of carbonyl (C=O) groups is 1. The lowest BCUT2D eigenvalue weighted by atomic mass is 9.54. The van der Waals surface area contributed by atoms with Crippen LogP contribution in [0.2, 0.25) is 0 Å². The number of carbonyl (C=O) groups excluding carboxylic acids is 1. The molecule has 26 heavy (non-hydrogen) atoms. The molecule has 1 aliphatic carbocycles. The second kappa shape index (κ2) is 8.83. The Labute approximate surface area is 167 Å². The Morgan fingerprint density at radius 2 is 2.08 bits per heavy atom. The average molecular weight is 403 g/mol. The van der Waals surface area contributed by atoms with Crippen molar-refractivity contribution < 1.29 is 14.3 Å². The van der Waals surface area contributed by atoms with Crippen molar-refractivity contribution in [3.8, 4) is 5.75 Å². The maximum Gasteiger partial charge on any atom is 0.243 e. The Bertz CT molecular complexity index is 641. The van der Waals surface area contributed by atoms with E-state index < -0.39 is 5.54 Å². The van der Waals surface area contributed by atoms with E-state index in [-0.39, 0.29) is 29.8 Å². The molecule has 5 nitrogen and oxygen atoms in total. The van der Waals surface area contributed by atoms with Crippen molar-refractivity contribution in [2.75, 3.05) is 27.0 Å². The Hall–Kier alpha value is -0.950. The van der Waals surface area contributed by atoms with Crippen molar-refractivity contribution in [3.63, 3.8) is 0 Å². The highest BCUT2D eigenvalue weighted by Gasteiger charge is 2.63. The summed E-state index contributed by atoms with van der Waals surface area (Å²) in [5.41, 5.74) is 6.26. The lowest BCUT2D eigenvalue weighted by molar-refractivity contribution is -0.178. The van der Waals surface area contributed by atoms with Gasteiger partial charge in [-0.3, -0.25) is 4.79 Å². The van der Waals surface area contributed by atoms with Crippen LogP contribution in [0.15, 0.2) is 23.1 Å². The summed E-state index contributed by atoms with van der Waals surface area (Å²) in [6.45, 7) is 7.12. The van der Waals surface area contributed by atoms with Crippen molar-refractivity contribution in [2.45, 2.75) is 50.3 Å². The molecule has 0 aromatic heterocycles. The number of hydrogen-bond donors (Lipinski definition) is 1. The molecule has 2 N–H and O–H groups in total. The summed E-state index contributed by atoms with van der Waals surface area (Å²) in [7, 11) is 3.46. The third-order valence-electron chi connectivity index (χ3n) is 5.43. The van der Waals surface area contributed by atoms with E-state index in [9.17, 15) is 4.79 Å². The van der Waals surface area contributed by atoms with Gasteiger partial charge in [0.05, 0.1) is 13.2 Å². The quantitative estimate of drug-likeness (QED) is 0.708. The van der Waals surface area contributed by atoms with E-state index in [1.54, 1.807) is 30.8 Å². The average Bonchev–Trinajstić information content (AvgIpc) is 2.60. The largest absolute Gasteiger partial charge is 0.496 e. The molecule has 2 unspecified atom stereocenters. The first-order valence-electron chi connectivity index (χ1n) is 8.58. The predicted molar refractivity (Wildman–Crippen MR) is 109 cm³/mol. The van der Waals surface area contributed by atoms with Crippen LogP contribution in [0, 0.1) is 5.41 Å². The summed E-state index contributed by atoms with van der Waals surface area (Å²) in [4.78, 5) is 15.8. The van der Waals surface area contributed by atoms with Gasteiger partial charge in [-0.2, -0.15) is 0 Å². The minimum Gasteiger partial charge on any atom is -0.496 e. The molecule has 1 aliphatic rings. The van der Waals surface area contributed by atoms with Gasteiger partial charge in [-0.25, -0.2) is 0 Å². The molecule has 1 fully saturated rings. The molecular formula is C19H31ClN2O3S. The number of rotatable bonds is 7. The second-order valence-corrected chi connectivity index (χ2v) is 8.04. The zero-order chi connectivity index (χ0) is 18.8. The van der Waals surface area contributed by atoms with E-state index >= 15 is 0 Å².